The average molecular weight is 393 g/mol. The van der Waals surface area contributed by atoms with E-state index in [1.165, 1.54) is 10.4 Å². The Balaban J connectivity index is 2.16. The Morgan fingerprint density at radius 2 is 1.95 bits per heavy atom. The Kier molecular flexibility index (Phi) is 6.37. The van der Waals surface area contributed by atoms with Crippen molar-refractivity contribution in [3.63, 3.8) is 0 Å². The van der Waals surface area contributed by atoms with Gasteiger partial charge in [0.1, 0.15) is 4.34 Å². The van der Waals surface area contributed by atoms with E-state index in [1.807, 2.05) is 12.1 Å². The molecule has 0 radical (unpaired) electrons. The number of hydrogen-bond donors (Lipinski definition) is 1. The summed E-state index contributed by atoms with van der Waals surface area (Å²) in [6, 6.07) is 10.4. The Morgan fingerprint density at radius 1 is 1.25 bits per heavy atom. The molecule has 0 saturated carbocycles. The van der Waals surface area contributed by atoms with E-state index in [2.05, 4.69) is 46.4 Å². The van der Waals surface area contributed by atoms with Gasteiger partial charge < -0.3 is 5.32 Å². The molecule has 1 aromatic heterocycles. The van der Waals surface area contributed by atoms with Crippen molar-refractivity contribution in [3.05, 3.63) is 54.6 Å². The van der Waals surface area contributed by atoms with Gasteiger partial charge in [-0.15, -0.1) is 11.3 Å². The zero-order valence-electron chi connectivity index (χ0n) is 11.1. The Bertz CT molecular complexity index is 534. The van der Waals surface area contributed by atoms with Crippen molar-refractivity contribution in [2.24, 2.45) is 0 Å². The van der Waals surface area contributed by atoms with Crippen LogP contribution in [0.25, 0.3) is 0 Å². The van der Waals surface area contributed by atoms with Gasteiger partial charge in [-0.2, -0.15) is 0 Å². The lowest BCUT2D eigenvalue weighted by Gasteiger charge is -2.17. The molecule has 0 spiro atoms. The van der Waals surface area contributed by atoms with Crippen LogP contribution in [-0.4, -0.2) is 6.54 Å². The quantitative estimate of drug-likeness (QED) is 0.625. The maximum atomic E-state index is 6.16. The van der Waals surface area contributed by atoms with Crippen LogP contribution in [-0.2, 0) is 6.42 Å². The molecule has 0 aliphatic heterocycles. The minimum Gasteiger partial charge on any atom is -0.309 e. The highest BCUT2D eigenvalue weighted by atomic mass is 79.9. The lowest BCUT2D eigenvalue weighted by atomic mass is 10.0. The molecule has 1 nitrogen and oxygen atoms in total. The summed E-state index contributed by atoms with van der Waals surface area (Å²) in [7, 11) is 0. The highest BCUT2D eigenvalue weighted by molar-refractivity contribution is 9.10. The van der Waals surface area contributed by atoms with Crippen LogP contribution in [0.4, 0.5) is 0 Å². The van der Waals surface area contributed by atoms with Crippen molar-refractivity contribution < 1.29 is 0 Å². The largest absolute Gasteiger partial charge is 0.309 e. The van der Waals surface area contributed by atoms with Gasteiger partial charge in [0.2, 0.25) is 0 Å². The first kappa shape index (κ1) is 16.3. The predicted octanol–water partition coefficient (Wildman–Crippen LogP) is 6.10. The van der Waals surface area contributed by atoms with E-state index in [9.17, 15) is 0 Å². The Hall–Kier alpha value is -0.0600. The van der Waals surface area contributed by atoms with Crippen LogP contribution in [0.5, 0.6) is 0 Å². The average Bonchev–Trinajstić information content (AvgIpc) is 2.77. The number of halogens is 3. The van der Waals surface area contributed by atoms with Gasteiger partial charge in [-0.25, -0.2) is 0 Å². The molecule has 1 heterocycles. The summed E-state index contributed by atoms with van der Waals surface area (Å²) in [5.74, 6) is 0. The van der Waals surface area contributed by atoms with E-state index >= 15 is 0 Å². The van der Waals surface area contributed by atoms with E-state index < -0.39 is 0 Å². The van der Waals surface area contributed by atoms with Crippen molar-refractivity contribution in [1.82, 2.24) is 5.32 Å². The van der Waals surface area contributed by atoms with Crippen molar-refractivity contribution in [1.29, 1.82) is 0 Å². The van der Waals surface area contributed by atoms with Crippen LogP contribution in [0.1, 0.15) is 29.8 Å². The zero-order chi connectivity index (χ0) is 14.5. The fourth-order valence-electron chi connectivity index (χ4n) is 1.98. The van der Waals surface area contributed by atoms with Crippen LogP contribution in [0.3, 0.4) is 0 Å². The summed E-state index contributed by atoms with van der Waals surface area (Å²) in [5, 5.41) is 4.36. The van der Waals surface area contributed by atoms with Crippen LogP contribution >= 0.6 is 50.5 Å². The lowest BCUT2D eigenvalue weighted by molar-refractivity contribution is 0.536. The topological polar surface area (TPSA) is 12.0 Å². The van der Waals surface area contributed by atoms with Gasteiger partial charge in [0.05, 0.1) is 0 Å². The summed E-state index contributed by atoms with van der Waals surface area (Å²) in [6.45, 7) is 3.16. The summed E-state index contributed by atoms with van der Waals surface area (Å²) >= 11 is 17.2. The molecule has 0 aliphatic carbocycles. The second-order valence-electron chi connectivity index (χ2n) is 4.61. The van der Waals surface area contributed by atoms with E-state index in [4.69, 9.17) is 23.2 Å². The number of thiophene rings is 1. The normalized spacial score (nSPS) is 12.6. The molecule has 2 rings (SSSR count). The third-order valence-electron chi connectivity index (χ3n) is 3.00. The molecule has 0 aliphatic rings. The van der Waals surface area contributed by atoms with E-state index in [-0.39, 0.29) is 6.04 Å². The summed E-state index contributed by atoms with van der Waals surface area (Å²) in [4.78, 5) is 1.25. The van der Waals surface area contributed by atoms with Gasteiger partial charge in [-0.3, -0.25) is 0 Å². The fourth-order valence-corrected chi connectivity index (χ4v) is 3.92. The monoisotopic (exact) mass is 391 g/mol. The second kappa shape index (κ2) is 7.81. The van der Waals surface area contributed by atoms with Gasteiger partial charge >= 0.3 is 0 Å². The molecule has 5 heteroatoms. The van der Waals surface area contributed by atoms with Gasteiger partial charge in [-0.05, 0) is 59.1 Å². The number of benzene rings is 1. The first-order valence-electron chi connectivity index (χ1n) is 6.52. The molecular weight excluding hydrogens is 377 g/mol. The summed E-state index contributed by atoms with van der Waals surface area (Å²) in [5.41, 5.74) is 1.27. The van der Waals surface area contributed by atoms with E-state index in [0.29, 0.717) is 0 Å². The van der Waals surface area contributed by atoms with Gasteiger partial charge in [0, 0.05) is 20.4 Å². The fraction of sp³-hybridized carbons (Fsp3) is 0.333. The number of rotatable bonds is 6. The Morgan fingerprint density at radius 3 is 2.50 bits per heavy atom. The molecule has 108 valence electrons. The van der Waals surface area contributed by atoms with Crippen LogP contribution in [0.15, 0.2) is 34.8 Å². The minimum atomic E-state index is 0.282. The molecule has 1 unspecified atom stereocenters. The molecule has 0 bridgehead atoms. The van der Waals surface area contributed by atoms with Gasteiger partial charge in [0.15, 0.2) is 0 Å². The molecule has 1 N–H and O–H groups in total. The molecule has 20 heavy (non-hydrogen) atoms. The van der Waals surface area contributed by atoms with Crippen molar-refractivity contribution in [2.45, 2.75) is 25.8 Å². The van der Waals surface area contributed by atoms with Gasteiger partial charge in [-0.1, -0.05) is 42.3 Å². The first-order chi connectivity index (χ1) is 9.60. The molecule has 0 saturated heterocycles. The highest BCUT2D eigenvalue weighted by Crippen LogP contribution is 2.36. The van der Waals surface area contributed by atoms with Crippen molar-refractivity contribution >= 4 is 50.5 Å². The van der Waals surface area contributed by atoms with E-state index in [1.54, 1.807) is 11.3 Å². The molecule has 0 fully saturated rings. The SMILES string of the molecule is CCCNC(Cc1ccc(Cl)cc1)c1cc(Br)c(Cl)s1. The highest BCUT2D eigenvalue weighted by Gasteiger charge is 2.16. The number of hydrogen-bond acceptors (Lipinski definition) is 2. The molecule has 0 amide bonds. The van der Waals surface area contributed by atoms with Crippen LogP contribution < -0.4 is 5.32 Å². The molecular formula is C15H16BrCl2NS. The molecule has 2 aromatic rings. The summed E-state index contributed by atoms with van der Waals surface area (Å²) < 4.78 is 1.78. The maximum absolute atomic E-state index is 6.16. The van der Waals surface area contributed by atoms with Crippen LogP contribution in [0.2, 0.25) is 9.36 Å². The second-order valence-corrected chi connectivity index (χ2v) is 7.58. The number of nitrogens with one attached hydrogen (secondary N) is 1. The summed E-state index contributed by atoms with van der Waals surface area (Å²) in [6.07, 6.45) is 2.04. The third kappa shape index (κ3) is 4.47. The minimum absolute atomic E-state index is 0.282. The smallest absolute Gasteiger partial charge is 0.107 e. The molecule has 1 aromatic carbocycles. The maximum Gasteiger partial charge on any atom is 0.107 e. The lowest BCUT2D eigenvalue weighted by Crippen LogP contribution is -2.23. The molecule has 1 atom stereocenters. The third-order valence-corrected chi connectivity index (χ3v) is 5.84. The van der Waals surface area contributed by atoms with Crippen molar-refractivity contribution in [3.8, 4) is 0 Å². The van der Waals surface area contributed by atoms with Gasteiger partial charge in [0.25, 0.3) is 0 Å². The predicted molar refractivity (Wildman–Crippen MR) is 93.2 cm³/mol. The zero-order valence-corrected chi connectivity index (χ0v) is 15.0. The first-order valence-corrected chi connectivity index (χ1v) is 8.89. The van der Waals surface area contributed by atoms with Crippen molar-refractivity contribution in [2.75, 3.05) is 6.54 Å². The van der Waals surface area contributed by atoms with Crippen LogP contribution in [0, 0.1) is 0 Å². The van der Waals surface area contributed by atoms with E-state index in [0.717, 1.165) is 33.2 Å². The Labute approximate surface area is 142 Å². The standard InChI is InChI=1S/C15H16BrCl2NS/c1-2-7-19-13(14-9-12(16)15(18)20-14)8-10-3-5-11(17)6-4-10/h3-6,9,13,19H,2,7-8H2,1H3.